The summed E-state index contributed by atoms with van der Waals surface area (Å²) in [7, 11) is 0. The first-order valence-corrected chi connectivity index (χ1v) is 5.71. The van der Waals surface area contributed by atoms with Gasteiger partial charge in [-0.2, -0.15) is 0 Å². The number of aromatic nitrogens is 4. The fraction of sp³-hybridized carbons (Fsp3) is 0.556. The van der Waals surface area contributed by atoms with Crippen LogP contribution in [-0.4, -0.2) is 61.6 Å². The molecule has 10 nitrogen and oxygen atoms in total. The Hall–Kier alpha value is -2.52. The fourth-order valence-electron chi connectivity index (χ4n) is 2.33. The average Bonchev–Trinajstić information content (AvgIpc) is 3.03. The van der Waals surface area contributed by atoms with Gasteiger partial charge in [-0.15, -0.1) is 5.10 Å². The molecule has 2 fully saturated rings. The van der Waals surface area contributed by atoms with Gasteiger partial charge in [-0.25, -0.2) is 9.48 Å². The lowest BCUT2D eigenvalue weighted by atomic mass is 10.00. The molecule has 2 N–H and O–H groups in total. The highest BCUT2D eigenvalue weighted by molar-refractivity contribution is 6.07. The third-order valence-electron chi connectivity index (χ3n) is 3.33. The number of carbonyl (C=O) groups excluding carboxylic acids is 3. The molecule has 0 aromatic carbocycles. The number of hydrogen-bond donors (Lipinski definition) is 2. The molecule has 0 bridgehead atoms. The van der Waals surface area contributed by atoms with Crippen molar-refractivity contribution in [3.63, 3.8) is 0 Å². The Balaban J connectivity index is 1.67. The monoisotopic (exact) mass is 265 g/mol. The molecule has 1 unspecified atom stereocenters. The van der Waals surface area contributed by atoms with Crippen LogP contribution in [-0.2, 0) is 16.1 Å². The highest BCUT2D eigenvalue weighted by Crippen LogP contribution is 2.24. The van der Waals surface area contributed by atoms with E-state index in [4.69, 9.17) is 0 Å². The molecule has 2 aliphatic rings. The molecule has 1 spiro atoms. The van der Waals surface area contributed by atoms with Crippen molar-refractivity contribution in [2.75, 3.05) is 13.1 Å². The van der Waals surface area contributed by atoms with Crippen molar-refractivity contribution < 1.29 is 14.4 Å². The van der Waals surface area contributed by atoms with Gasteiger partial charge in [-0.3, -0.25) is 14.9 Å². The second-order valence-corrected chi connectivity index (χ2v) is 4.56. The van der Waals surface area contributed by atoms with Crippen LogP contribution in [0.4, 0.5) is 4.79 Å². The van der Waals surface area contributed by atoms with Gasteiger partial charge in [0.2, 0.25) is 5.91 Å². The van der Waals surface area contributed by atoms with Crippen molar-refractivity contribution in [1.29, 1.82) is 0 Å². The third kappa shape index (κ3) is 1.90. The molecule has 3 heterocycles. The molecule has 0 saturated carbocycles. The minimum atomic E-state index is -0.979. The molecule has 10 heteroatoms. The normalized spacial score (nSPS) is 25.8. The predicted octanol–water partition coefficient (Wildman–Crippen LogP) is -2.52. The minimum absolute atomic E-state index is 0.0125. The van der Waals surface area contributed by atoms with Gasteiger partial charge < -0.3 is 10.2 Å². The molecule has 19 heavy (non-hydrogen) atoms. The number of hydrogen-bond acceptors (Lipinski definition) is 6. The van der Waals surface area contributed by atoms with Crippen molar-refractivity contribution in [3.05, 3.63) is 6.33 Å². The highest BCUT2D eigenvalue weighted by Gasteiger charge is 2.51. The van der Waals surface area contributed by atoms with Gasteiger partial charge in [0.15, 0.2) is 0 Å². The number of rotatable bonds is 2. The molecule has 1 aromatic rings. The summed E-state index contributed by atoms with van der Waals surface area (Å²) in [5.74, 6) is -0.576. The van der Waals surface area contributed by atoms with Crippen molar-refractivity contribution in [1.82, 2.24) is 35.7 Å². The number of urea groups is 1. The fourth-order valence-corrected chi connectivity index (χ4v) is 2.33. The van der Waals surface area contributed by atoms with Gasteiger partial charge in [-0.05, 0) is 16.8 Å². The van der Waals surface area contributed by atoms with Gasteiger partial charge in [0.1, 0.15) is 18.4 Å². The van der Waals surface area contributed by atoms with E-state index < -0.39 is 11.6 Å². The summed E-state index contributed by atoms with van der Waals surface area (Å²) < 4.78 is 1.31. The van der Waals surface area contributed by atoms with E-state index in [0.29, 0.717) is 13.0 Å². The van der Waals surface area contributed by atoms with E-state index in [0.717, 1.165) is 0 Å². The van der Waals surface area contributed by atoms with Crippen LogP contribution in [0.2, 0.25) is 0 Å². The topological polar surface area (TPSA) is 122 Å². The SMILES string of the molecule is O=C1NC(=O)C2(CCN(C(=O)Cn3cnnn3)C2)N1. The van der Waals surface area contributed by atoms with Crippen molar-refractivity contribution >= 4 is 17.8 Å². The van der Waals surface area contributed by atoms with Crippen LogP contribution in [0, 0.1) is 0 Å². The van der Waals surface area contributed by atoms with E-state index in [1.54, 1.807) is 0 Å². The maximum absolute atomic E-state index is 12.0. The summed E-state index contributed by atoms with van der Waals surface area (Å²) in [6.07, 6.45) is 1.75. The number of likely N-dealkylation sites (tertiary alicyclic amines) is 1. The molecule has 3 rings (SSSR count). The first-order valence-electron chi connectivity index (χ1n) is 5.71. The van der Waals surface area contributed by atoms with Crippen LogP contribution >= 0.6 is 0 Å². The van der Waals surface area contributed by atoms with Gasteiger partial charge in [-0.1, -0.05) is 0 Å². The minimum Gasteiger partial charge on any atom is -0.338 e. The number of amides is 4. The third-order valence-corrected chi connectivity index (χ3v) is 3.33. The zero-order valence-electron chi connectivity index (χ0n) is 9.87. The lowest BCUT2D eigenvalue weighted by molar-refractivity contribution is -0.131. The zero-order valence-corrected chi connectivity index (χ0v) is 9.87. The van der Waals surface area contributed by atoms with Crippen LogP contribution < -0.4 is 10.6 Å². The Labute approximate surface area is 107 Å². The predicted molar refractivity (Wildman–Crippen MR) is 58.4 cm³/mol. The molecule has 2 aliphatic heterocycles. The lowest BCUT2D eigenvalue weighted by Gasteiger charge is -2.20. The molecular weight excluding hydrogens is 254 g/mol. The quantitative estimate of drug-likeness (QED) is 0.569. The molecule has 100 valence electrons. The summed E-state index contributed by atoms with van der Waals surface area (Å²) in [6, 6.07) is -0.514. The zero-order chi connectivity index (χ0) is 13.5. The molecule has 1 aromatic heterocycles. The molecular formula is C9H11N7O3. The van der Waals surface area contributed by atoms with Gasteiger partial charge in [0.25, 0.3) is 5.91 Å². The van der Waals surface area contributed by atoms with E-state index >= 15 is 0 Å². The smallest absolute Gasteiger partial charge is 0.322 e. The summed E-state index contributed by atoms with van der Waals surface area (Å²) in [6.45, 7) is 0.596. The first kappa shape index (κ1) is 11.6. The second kappa shape index (κ2) is 4.00. The van der Waals surface area contributed by atoms with Crippen LogP contribution in [0.1, 0.15) is 6.42 Å². The molecule has 2 saturated heterocycles. The largest absolute Gasteiger partial charge is 0.338 e. The van der Waals surface area contributed by atoms with Crippen molar-refractivity contribution in [2.45, 2.75) is 18.5 Å². The van der Waals surface area contributed by atoms with Gasteiger partial charge in [0.05, 0.1) is 6.54 Å². The highest BCUT2D eigenvalue weighted by atomic mass is 16.2. The number of nitrogens with one attached hydrogen (secondary N) is 2. The number of tetrazole rings is 1. The van der Waals surface area contributed by atoms with E-state index in [-0.39, 0.29) is 24.9 Å². The lowest BCUT2D eigenvalue weighted by Crippen LogP contribution is -2.49. The van der Waals surface area contributed by atoms with E-state index in [9.17, 15) is 14.4 Å². The summed E-state index contributed by atoms with van der Waals surface area (Å²) in [5, 5.41) is 15.2. The first-order chi connectivity index (χ1) is 9.09. The van der Waals surface area contributed by atoms with Gasteiger partial charge in [0, 0.05) is 6.54 Å². The Kier molecular flexibility index (Phi) is 2.44. The summed E-state index contributed by atoms with van der Waals surface area (Å²) in [5.41, 5.74) is -0.979. The second-order valence-electron chi connectivity index (χ2n) is 4.56. The Morgan fingerprint density at radius 1 is 1.47 bits per heavy atom. The van der Waals surface area contributed by atoms with Crippen molar-refractivity contribution in [2.24, 2.45) is 0 Å². The van der Waals surface area contributed by atoms with Crippen LogP contribution in [0.3, 0.4) is 0 Å². The maximum atomic E-state index is 12.0. The van der Waals surface area contributed by atoms with E-state index in [1.807, 2.05) is 0 Å². The van der Waals surface area contributed by atoms with Gasteiger partial charge >= 0.3 is 6.03 Å². The Morgan fingerprint density at radius 2 is 2.32 bits per heavy atom. The molecule has 4 amide bonds. The van der Waals surface area contributed by atoms with Crippen LogP contribution in [0.5, 0.6) is 0 Å². The number of imide groups is 1. The number of nitrogens with zero attached hydrogens (tertiary/aromatic N) is 5. The number of carbonyl (C=O) groups is 3. The van der Waals surface area contributed by atoms with Crippen molar-refractivity contribution in [3.8, 4) is 0 Å². The standard InChI is InChI=1S/C9H11N7O3/c17-6(3-16-5-10-13-14-16)15-2-1-9(4-15)7(18)11-8(19)12-9/h5H,1-4H2,(H2,11,12,18,19). The maximum Gasteiger partial charge on any atom is 0.322 e. The molecule has 0 aliphatic carbocycles. The Bertz CT molecular complexity index is 542. The average molecular weight is 265 g/mol. The van der Waals surface area contributed by atoms with Crippen LogP contribution in [0.25, 0.3) is 0 Å². The van der Waals surface area contributed by atoms with Crippen LogP contribution in [0.15, 0.2) is 6.33 Å². The molecule has 0 radical (unpaired) electrons. The van der Waals surface area contributed by atoms with E-state index in [2.05, 4.69) is 26.2 Å². The summed E-state index contributed by atoms with van der Waals surface area (Å²) in [4.78, 5) is 36.4. The molecule has 1 atom stereocenters. The summed E-state index contributed by atoms with van der Waals surface area (Å²) >= 11 is 0. The van der Waals surface area contributed by atoms with E-state index in [1.165, 1.54) is 15.9 Å². The Morgan fingerprint density at radius 3 is 2.95 bits per heavy atom.